The van der Waals surface area contributed by atoms with E-state index < -0.39 is 0 Å². The summed E-state index contributed by atoms with van der Waals surface area (Å²) in [6.07, 6.45) is 11.8. The largest absolute Gasteiger partial charge is 0.508 e. The summed E-state index contributed by atoms with van der Waals surface area (Å²) in [6, 6.07) is 7.42. The Morgan fingerprint density at radius 3 is 1.45 bits per heavy atom. The van der Waals surface area contributed by atoms with E-state index in [4.69, 9.17) is 10.2 Å². The monoisotopic (exact) mass is 570 g/mol. The van der Waals surface area contributed by atoms with Gasteiger partial charge in [-0.15, -0.1) is 0 Å². The first-order valence-electron chi connectivity index (χ1n) is 16.7. The molecule has 6 aliphatic rings. The molecule has 0 aliphatic heterocycles. The molecule has 0 saturated heterocycles. The Hall–Kier alpha value is -2.44. The van der Waals surface area contributed by atoms with Crippen LogP contribution < -0.4 is 0 Å². The van der Waals surface area contributed by atoms with Crippen LogP contribution in [0.4, 0.5) is 11.4 Å². The maximum Gasteiger partial charge on any atom is 0.118 e. The fraction of sp³-hybridized carbons (Fsp3) is 0.667. The number of nitrogens with zero attached hydrogens (tertiary/aromatic N) is 2. The second-order valence-corrected chi connectivity index (χ2v) is 15.4. The fourth-order valence-corrected chi connectivity index (χ4v) is 11.6. The third-order valence-corrected chi connectivity index (χ3v) is 13.7. The number of hydrogen-bond acceptors (Lipinski definition) is 6. The van der Waals surface area contributed by atoms with E-state index in [9.17, 15) is 20.4 Å². The minimum absolute atomic E-state index is 0.0138. The summed E-state index contributed by atoms with van der Waals surface area (Å²) in [4.78, 5) is 0. The number of benzene rings is 2. The lowest BCUT2D eigenvalue weighted by Crippen LogP contribution is -2.44. The van der Waals surface area contributed by atoms with Crippen LogP contribution in [-0.2, 0) is 12.8 Å². The van der Waals surface area contributed by atoms with Crippen molar-refractivity contribution in [3.63, 3.8) is 0 Å². The molecule has 0 aromatic heterocycles. The molecular formula is C36H46N2O4. The Balaban J connectivity index is 1.16. The van der Waals surface area contributed by atoms with Gasteiger partial charge in [-0.05, 0) is 158 Å². The van der Waals surface area contributed by atoms with Crippen molar-refractivity contribution in [3.8, 4) is 11.5 Å². The SMILES string of the molecule is C[C@]12CC[C@@H]3c4c(cc(O)cc4N=Nc4cc(O)cc5c4[C@H]4CC[C@]6(C)[C@@H](O)CC[C@H]6[C@@H]4CC5)CC[C@H]3[C@@H]1CC[C@@H]2O. The van der Waals surface area contributed by atoms with Crippen LogP contribution in [0.5, 0.6) is 11.5 Å². The summed E-state index contributed by atoms with van der Waals surface area (Å²) < 4.78 is 0. The zero-order valence-corrected chi connectivity index (χ0v) is 25.1. The number of azo groups is 1. The Kier molecular flexibility index (Phi) is 6.16. The quantitative estimate of drug-likeness (QED) is 0.275. The van der Waals surface area contributed by atoms with Crippen molar-refractivity contribution in [1.82, 2.24) is 0 Å². The standard InChI is InChI=1S/C36H46N2O4/c1-35-13-11-25-23(27(35)7-9-31(35)41)5-3-19-15-21(39)17-29(33(19)25)37-38-30-18-22(40)16-20-4-6-24-26(34(20)30)12-14-36(2)28(24)8-10-32(36)42/h15-18,23-28,31-32,39-42H,3-14H2,1-2H3/t23-,24-,25+,26+,27+,28+,31+,32+,35+,36+/m1/s1. The van der Waals surface area contributed by atoms with Gasteiger partial charge < -0.3 is 20.4 Å². The van der Waals surface area contributed by atoms with E-state index in [0.717, 1.165) is 88.4 Å². The van der Waals surface area contributed by atoms with Crippen molar-refractivity contribution in [2.45, 2.75) is 115 Å². The van der Waals surface area contributed by atoms with E-state index in [0.29, 0.717) is 35.5 Å². The summed E-state index contributed by atoms with van der Waals surface area (Å²) in [5.74, 6) is 3.33. The van der Waals surface area contributed by atoms with Crippen LogP contribution in [-0.4, -0.2) is 32.6 Å². The third kappa shape index (κ3) is 3.83. The van der Waals surface area contributed by atoms with Gasteiger partial charge in [0.1, 0.15) is 11.5 Å². The van der Waals surface area contributed by atoms with E-state index in [1.807, 2.05) is 12.1 Å². The van der Waals surface area contributed by atoms with Crippen LogP contribution in [0.3, 0.4) is 0 Å². The van der Waals surface area contributed by atoms with Crippen LogP contribution in [0.1, 0.15) is 112 Å². The van der Waals surface area contributed by atoms with Crippen molar-refractivity contribution in [2.24, 2.45) is 44.7 Å². The van der Waals surface area contributed by atoms with Crippen LogP contribution in [0.25, 0.3) is 0 Å². The number of aliphatic hydroxyl groups excluding tert-OH is 2. The first-order chi connectivity index (χ1) is 20.2. The topological polar surface area (TPSA) is 106 Å². The number of aromatic hydroxyl groups is 2. The molecule has 8 rings (SSSR count). The van der Waals surface area contributed by atoms with Gasteiger partial charge in [0.05, 0.1) is 23.6 Å². The van der Waals surface area contributed by atoms with Gasteiger partial charge in [-0.25, -0.2) is 0 Å². The molecule has 6 heteroatoms. The predicted octanol–water partition coefficient (Wildman–Crippen LogP) is 7.95. The van der Waals surface area contributed by atoms with E-state index >= 15 is 0 Å². The highest BCUT2D eigenvalue weighted by Crippen LogP contribution is 2.64. The highest BCUT2D eigenvalue weighted by atomic mass is 16.3. The number of aliphatic hydroxyl groups is 2. The van der Waals surface area contributed by atoms with Gasteiger partial charge in [-0.1, -0.05) is 13.8 Å². The van der Waals surface area contributed by atoms with Crippen molar-refractivity contribution in [3.05, 3.63) is 46.5 Å². The van der Waals surface area contributed by atoms with E-state index in [1.54, 1.807) is 12.1 Å². The average molecular weight is 571 g/mol. The third-order valence-electron chi connectivity index (χ3n) is 13.7. The number of phenols is 2. The molecule has 4 saturated carbocycles. The first-order valence-corrected chi connectivity index (χ1v) is 16.7. The second-order valence-electron chi connectivity index (χ2n) is 15.4. The number of rotatable bonds is 2. The molecule has 0 spiro atoms. The molecule has 10 atom stereocenters. The first kappa shape index (κ1) is 27.1. The van der Waals surface area contributed by atoms with Crippen molar-refractivity contribution >= 4 is 11.4 Å². The van der Waals surface area contributed by atoms with E-state index in [-0.39, 0.29) is 34.5 Å². The maximum absolute atomic E-state index is 10.8. The molecule has 0 unspecified atom stereocenters. The molecule has 42 heavy (non-hydrogen) atoms. The lowest BCUT2D eigenvalue weighted by molar-refractivity contribution is -0.0226. The smallest absolute Gasteiger partial charge is 0.118 e. The molecule has 224 valence electrons. The number of hydrogen-bond donors (Lipinski definition) is 4. The van der Waals surface area contributed by atoms with Gasteiger partial charge in [-0.3, -0.25) is 0 Å². The predicted molar refractivity (Wildman–Crippen MR) is 162 cm³/mol. The van der Waals surface area contributed by atoms with Gasteiger partial charge in [-0.2, -0.15) is 10.2 Å². The zero-order chi connectivity index (χ0) is 29.0. The minimum atomic E-state index is -0.199. The molecular weight excluding hydrogens is 524 g/mol. The van der Waals surface area contributed by atoms with Crippen LogP contribution >= 0.6 is 0 Å². The number of aryl methyl sites for hydroxylation is 2. The molecule has 0 radical (unpaired) electrons. The van der Waals surface area contributed by atoms with Crippen LogP contribution in [0.2, 0.25) is 0 Å². The molecule has 6 nitrogen and oxygen atoms in total. The summed E-state index contributed by atoms with van der Waals surface area (Å²) in [5.41, 5.74) is 6.43. The van der Waals surface area contributed by atoms with Crippen molar-refractivity contribution in [1.29, 1.82) is 0 Å². The van der Waals surface area contributed by atoms with Crippen molar-refractivity contribution < 1.29 is 20.4 Å². The molecule has 0 bridgehead atoms. The number of phenolic OH excluding ortho intramolecular Hbond substituents is 2. The highest BCUT2D eigenvalue weighted by molar-refractivity contribution is 5.61. The van der Waals surface area contributed by atoms with Crippen LogP contribution in [0.15, 0.2) is 34.5 Å². The Bertz CT molecular complexity index is 1350. The van der Waals surface area contributed by atoms with Crippen molar-refractivity contribution in [2.75, 3.05) is 0 Å². The van der Waals surface area contributed by atoms with Gasteiger partial charge in [0.2, 0.25) is 0 Å². The maximum atomic E-state index is 10.8. The average Bonchev–Trinajstić information content (AvgIpc) is 3.45. The van der Waals surface area contributed by atoms with Gasteiger partial charge in [0, 0.05) is 12.1 Å². The molecule has 4 fully saturated rings. The molecule has 2 aromatic rings. The van der Waals surface area contributed by atoms with Gasteiger partial charge in [0.25, 0.3) is 0 Å². The number of fused-ring (bicyclic) bond motifs is 10. The molecule has 0 heterocycles. The van der Waals surface area contributed by atoms with Crippen LogP contribution in [0, 0.1) is 34.5 Å². The Morgan fingerprint density at radius 2 is 1.02 bits per heavy atom. The van der Waals surface area contributed by atoms with Gasteiger partial charge in [0.15, 0.2) is 0 Å². The summed E-state index contributed by atoms with van der Waals surface area (Å²) in [7, 11) is 0. The van der Waals surface area contributed by atoms with E-state index in [2.05, 4.69) is 13.8 Å². The summed E-state index contributed by atoms with van der Waals surface area (Å²) in [6.45, 7) is 4.61. The molecule has 6 aliphatic carbocycles. The zero-order valence-electron chi connectivity index (χ0n) is 25.1. The molecule has 2 aromatic carbocycles. The Labute approximate surface area is 249 Å². The lowest BCUT2D eigenvalue weighted by atomic mass is 9.55. The molecule has 0 amide bonds. The van der Waals surface area contributed by atoms with E-state index in [1.165, 1.54) is 22.3 Å². The summed E-state index contributed by atoms with van der Waals surface area (Å²) >= 11 is 0. The minimum Gasteiger partial charge on any atom is -0.508 e. The normalized spacial score (nSPS) is 41.9. The Morgan fingerprint density at radius 1 is 0.595 bits per heavy atom. The summed E-state index contributed by atoms with van der Waals surface area (Å²) in [5, 5.41) is 52.9. The highest BCUT2D eigenvalue weighted by Gasteiger charge is 2.56. The fourth-order valence-electron chi connectivity index (χ4n) is 11.6. The second kappa shape index (κ2) is 9.53. The molecule has 4 N–H and O–H groups in total. The lowest BCUT2D eigenvalue weighted by Gasteiger charge is -2.50. The van der Waals surface area contributed by atoms with Gasteiger partial charge >= 0.3 is 0 Å².